The molecule has 0 aromatic heterocycles. The molecule has 2 aromatic rings. The fourth-order valence-corrected chi connectivity index (χ4v) is 4.40. The lowest BCUT2D eigenvalue weighted by molar-refractivity contribution is -0.113. The summed E-state index contributed by atoms with van der Waals surface area (Å²) in [4.78, 5) is 25.1. The van der Waals surface area contributed by atoms with E-state index >= 15 is 0 Å². The van der Waals surface area contributed by atoms with E-state index in [0.717, 1.165) is 23.4 Å². The number of carbonyl (C=O) groups is 2. The van der Waals surface area contributed by atoms with Crippen LogP contribution in [0.25, 0.3) is 0 Å². The largest absolute Gasteiger partial charge is 0.351 e. The van der Waals surface area contributed by atoms with Gasteiger partial charge in [0.1, 0.15) is 0 Å². The van der Waals surface area contributed by atoms with Crippen molar-refractivity contribution in [2.75, 3.05) is 17.6 Å². The number of hydrogen-bond acceptors (Lipinski definition) is 3. The van der Waals surface area contributed by atoms with E-state index in [1.807, 2.05) is 12.1 Å². The van der Waals surface area contributed by atoms with Crippen LogP contribution in [0.3, 0.4) is 0 Å². The molecule has 5 heteroatoms. The number of carbonyl (C=O) groups excluding carboxylic acids is 2. The number of hydrogen-bond donors (Lipinski definition) is 2. The fraction of sp³-hybridized carbons (Fsp3) is 0.300. The molecule has 25 heavy (non-hydrogen) atoms. The predicted octanol–water partition coefficient (Wildman–Crippen LogP) is 3.58. The molecule has 4 rings (SSSR count). The van der Waals surface area contributed by atoms with Crippen molar-refractivity contribution in [2.24, 2.45) is 0 Å². The molecule has 2 amide bonds. The van der Waals surface area contributed by atoms with Crippen molar-refractivity contribution in [2.45, 2.75) is 30.1 Å². The summed E-state index contributed by atoms with van der Waals surface area (Å²) >= 11 is 1.50. The molecule has 1 heterocycles. The van der Waals surface area contributed by atoms with Gasteiger partial charge in [0.15, 0.2) is 0 Å². The molecule has 1 unspecified atom stereocenters. The van der Waals surface area contributed by atoms with Crippen LogP contribution in [0.4, 0.5) is 5.69 Å². The van der Waals surface area contributed by atoms with Gasteiger partial charge in [-0.2, -0.15) is 0 Å². The number of anilines is 1. The molecule has 4 nitrogen and oxygen atoms in total. The van der Waals surface area contributed by atoms with Gasteiger partial charge in [-0.15, -0.1) is 11.8 Å². The van der Waals surface area contributed by atoms with Crippen LogP contribution in [0.1, 0.15) is 40.2 Å². The summed E-state index contributed by atoms with van der Waals surface area (Å²) in [5.74, 6) is 0.700. The summed E-state index contributed by atoms with van der Waals surface area (Å²) in [7, 11) is 0. The molecule has 0 fully saturated rings. The number of thioether (sulfide) groups is 1. The first-order chi connectivity index (χ1) is 12.2. The van der Waals surface area contributed by atoms with E-state index in [1.165, 1.54) is 29.3 Å². The summed E-state index contributed by atoms with van der Waals surface area (Å²) in [6.45, 7) is 0.647. The van der Waals surface area contributed by atoms with Gasteiger partial charge >= 0.3 is 0 Å². The van der Waals surface area contributed by atoms with E-state index in [1.54, 1.807) is 6.07 Å². The lowest BCUT2D eigenvalue weighted by Crippen LogP contribution is -2.30. The number of fused-ring (bicyclic) bond motifs is 2. The summed E-state index contributed by atoms with van der Waals surface area (Å²) in [5.41, 5.74) is 4.09. The van der Waals surface area contributed by atoms with Crippen molar-refractivity contribution < 1.29 is 9.59 Å². The number of aryl methyl sites for hydroxylation is 1. The highest BCUT2D eigenvalue weighted by Gasteiger charge is 2.21. The molecule has 0 radical (unpaired) electrons. The van der Waals surface area contributed by atoms with Crippen LogP contribution in [0.2, 0.25) is 0 Å². The van der Waals surface area contributed by atoms with Crippen molar-refractivity contribution >= 4 is 29.3 Å². The molecule has 2 aromatic carbocycles. The maximum absolute atomic E-state index is 12.5. The van der Waals surface area contributed by atoms with E-state index in [2.05, 4.69) is 34.9 Å². The lowest BCUT2D eigenvalue weighted by Gasteiger charge is -2.25. The Labute approximate surface area is 151 Å². The number of benzene rings is 2. The van der Waals surface area contributed by atoms with Crippen LogP contribution < -0.4 is 10.6 Å². The zero-order valence-corrected chi connectivity index (χ0v) is 14.7. The van der Waals surface area contributed by atoms with Crippen molar-refractivity contribution in [3.05, 3.63) is 59.2 Å². The quantitative estimate of drug-likeness (QED) is 0.888. The molecular formula is C20H20N2O2S. The van der Waals surface area contributed by atoms with Gasteiger partial charge in [-0.05, 0) is 48.6 Å². The Bertz CT molecular complexity index is 834. The third-order valence-electron chi connectivity index (χ3n) is 4.88. The van der Waals surface area contributed by atoms with Crippen LogP contribution in [0.15, 0.2) is 47.4 Å². The topological polar surface area (TPSA) is 58.2 Å². The number of rotatable bonds is 3. The van der Waals surface area contributed by atoms with Gasteiger partial charge < -0.3 is 10.6 Å². The highest BCUT2D eigenvalue weighted by molar-refractivity contribution is 8.00. The van der Waals surface area contributed by atoms with Gasteiger partial charge in [0.2, 0.25) is 5.91 Å². The van der Waals surface area contributed by atoms with E-state index < -0.39 is 0 Å². The molecule has 1 aliphatic heterocycles. The van der Waals surface area contributed by atoms with E-state index in [-0.39, 0.29) is 11.8 Å². The molecular weight excluding hydrogens is 332 g/mol. The van der Waals surface area contributed by atoms with Gasteiger partial charge in [-0.1, -0.05) is 24.3 Å². The van der Waals surface area contributed by atoms with Crippen LogP contribution >= 0.6 is 11.8 Å². The Kier molecular flexibility index (Phi) is 4.49. The molecule has 128 valence electrons. The van der Waals surface area contributed by atoms with Crippen molar-refractivity contribution in [1.29, 1.82) is 0 Å². The van der Waals surface area contributed by atoms with Crippen molar-refractivity contribution in [3.8, 4) is 0 Å². The normalized spacial score (nSPS) is 18.7. The Balaban J connectivity index is 1.45. The maximum atomic E-state index is 12.5. The fourth-order valence-electron chi connectivity index (χ4n) is 3.61. The summed E-state index contributed by atoms with van der Waals surface area (Å²) in [6.07, 6.45) is 3.40. The molecule has 1 atom stereocenters. The minimum absolute atomic E-state index is 0.0196. The minimum atomic E-state index is -0.0873. The van der Waals surface area contributed by atoms with E-state index in [9.17, 15) is 9.59 Å². The SMILES string of the molecule is O=C1CSc2ccc(C(=O)NCC3CCCc4ccccc43)cc2N1. The summed E-state index contributed by atoms with van der Waals surface area (Å²) in [6, 6.07) is 14.0. The third kappa shape index (κ3) is 3.42. The second kappa shape index (κ2) is 6.92. The first-order valence-corrected chi connectivity index (χ1v) is 9.62. The number of amides is 2. The van der Waals surface area contributed by atoms with E-state index in [0.29, 0.717) is 23.8 Å². The zero-order valence-electron chi connectivity index (χ0n) is 13.9. The molecule has 2 N–H and O–H groups in total. The highest BCUT2D eigenvalue weighted by Crippen LogP contribution is 2.33. The highest BCUT2D eigenvalue weighted by atomic mass is 32.2. The zero-order chi connectivity index (χ0) is 17.2. The Morgan fingerprint density at radius 3 is 3.04 bits per heavy atom. The van der Waals surface area contributed by atoms with Crippen molar-refractivity contribution in [1.82, 2.24) is 5.32 Å². The predicted molar refractivity (Wildman–Crippen MR) is 100 cm³/mol. The Morgan fingerprint density at radius 2 is 2.12 bits per heavy atom. The standard InChI is InChI=1S/C20H20N2O2S/c23-19-12-25-18-9-8-14(10-17(18)22-19)20(24)21-11-15-6-3-5-13-4-1-2-7-16(13)15/h1-2,4,7-10,15H,3,5-6,11-12H2,(H,21,24)(H,22,23). The maximum Gasteiger partial charge on any atom is 0.251 e. The first kappa shape index (κ1) is 16.2. The lowest BCUT2D eigenvalue weighted by atomic mass is 9.83. The van der Waals surface area contributed by atoms with Crippen LogP contribution in [-0.2, 0) is 11.2 Å². The molecule has 1 aliphatic carbocycles. The summed E-state index contributed by atoms with van der Waals surface area (Å²) < 4.78 is 0. The second-order valence-electron chi connectivity index (χ2n) is 6.55. The molecule has 2 aliphatic rings. The van der Waals surface area contributed by atoms with Gasteiger partial charge in [0.05, 0.1) is 11.4 Å². The van der Waals surface area contributed by atoms with Crippen LogP contribution in [-0.4, -0.2) is 24.1 Å². The Hall–Kier alpha value is -2.27. The van der Waals surface area contributed by atoms with Gasteiger partial charge in [-0.3, -0.25) is 9.59 Å². The third-order valence-corrected chi connectivity index (χ3v) is 5.95. The smallest absolute Gasteiger partial charge is 0.251 e. The molecule has 0 spiro atoms. The number of nitrogens with one attached hydrogen (secondary N) is 2. The van der Waals surface area contributed by atoms with Gasteiger partial charge in [0.25, 0.3) is 5.91 Å². The molecule has 0 saturated carbocycles. The minimum Gasteiger partial charge on any atom is -0.351 e. The average Bonchev–Trinajstić information content (AvgIpc) is 2.65. The Morgan fingerprint density at radius 1 is 1.24 bits per heavy atom. The van der Waals surface area contributed by atoms with Crippen LogP contribution in [0, 0.1) is 0 Å². The monoisotopic (exact) mass is 352 g/mol. The average molecular weight is 352 g/mol. The van der Waals surface area contributed by atoms with E-state index in [4.69, 9.17) is 0 Å². The van der Waals surface area contributed by atoms with Crippen molar-refractivity contribution in [3.63, 3.8) is 0 Å². The van der Waals surface area contributed by atoms with Gasteiger partial charge in [0, 0.05) is 22.9 Å². The summed E-state index contributed by atoms with van der Waals surface area (Å²) in [5, 5.41) is 5.90. The second-order valence-corrected chi connectivity index (χ2v) is 7.56. The molecule has 0 bridgehead atoms. The van der Waals surface area contributed by atoms with Crippen LogP contribution in [0.5, 0.6) is 0 Å². The first-order valence-electron chi connectivity index (χ1n) is 8.63. The molecule has 0 saturated heterocycles. The van der Waals surface area contributed by atoms with Gasteiger partial charge in [-0.25, -0.2) is 0 Å².